The standard InChI is InChI=1S/C48H92N2O5/c1-3-5-7-9-11-13-14-15-16-17-18-19-20-21-22-23-24-26-32-36-42-47(52)55-44(38-33-29-25-12-10-8-6-4-2)39-34-30-27-28-31-35-41-46(51)50-45(48(53)54)40-37-43-49/h33,38,44-45H,3-32,34-37,39-43,49H2,1-2H3,(H,50,51)(H,53,54)/b38-33-. The Morgan fingerprint density at radius 1 is 0.527 bits per heavy atom. The maximum absolute atomic E-state index is 12.8. The van der Waals surface area contributed by atoms with Crippen molar-refractivity contribution < 1.29 is 24.2 Å². The summed E-state index contributed by atoms with van der Waals surface area (Å²) in [5.41, 5.74) is 5.48. The van der Waals surface area contributed by atoms with Crippen LogP contribution in [-0.2, 0) is 19.1 Å². The number of hydrogen-bond acceptors (Lipinski definition) is 5. The molecular formula is C48H92N2O5. The number of nitrogens with one attached hydrogen (secondary N) is 1. The zero-order valence-corrected chi connectivity index (χ0v) is 36.5. The van der Waals surface area contributed by atoms with Gasteiger partial charge in [0, 0.05) is 12.8 Å². The van der Waals surface area contributed by atoms with Gasteiger partial charge in [-0.05, 0) is 64.0 Å². The van der Waals surface area contributed by atoms with Gasteiger partial charge in [-0.2, -0.15) is 0 Å². The third-order valence-electron chi connectivity index (χ3n) is 11.1. The van der Waals surface area contributed by atoms with Crippen LogP contribution in [0.1, 0.15) is 258 Å². The summed E-state index contributed by atoms with van der Waals surface area (Å²) < 4.78 is 5.98. The van der Waals surface area contributed by atoms with Crippen molar-refractivity contribution in [2.45, 2.75) is 270 Å². The van der Waals surface area contributed by atoms with E-state index in [4.69, 9.17) is 10.5 Å². The lowest BCUT2D eigenvalue weighted by molar-refractivity contribution is -0.147. The molecule has 0 aliphatic rings. The minimum absolute atomic E-state index is 0.0527. The third kappa shape index (κ3) is 40.1. The number of aliphatic carboxylic acids is 1. The molecule has 0 rings (SSSR count). The predicted octanol–water partition coefficient (Wildman–Crippen LogP) is 13.8. The molecule has 0 heterocycles. The van der Waals surface area contributed by atoms with Gasteiger partial charge in [-0.25, -0.2) is 4.79 Å². The molecule has 0 spiro atoms. The fourth-order valence-corrected chi connectivity index (χ4v) is 7.42. The van der Waals surface area contributed by atoms with Gasteiger partial charge in [0.15, 0.2) is 0 Å². The van der Waals surface area contributed by atoms with E-state index in [0.29, 0.717) is 32.2 Å². The largest absolute Gasteiger partial charge is 0.480 e. The van der Waals surface area contributed by atoms with Gasteiger partial charge in [-0.1, -0.05) is 200 Å². The molecule has 2 atom stereocenters. The Balaban J connectivity index is 4.09. The third-order valence-corrected chi connectivity index (χ3v) is 11.1. The van der Waals surface area contributed by atoms with E-state index in [2.05, 4.69) is 31.3 Å². The highest BCUT2D eigenvalue weighted by Crippen LogP contribution is 2.17. The van der Waals surface area contributed by atoms with Crippen LogP contribution in [-0.4, -0.2) is 41.6 Å². The molecule has 55 heavy (non-hydrogen) atoms. The minimum Gasteiger partial charge on any atom is -0.480 e. The Bertz CT molecular complexity index is 878. The summed E-state index contributed by atoms with van der Waals surface area (Å²) in [6.07, 6.45) is 48.6. The van der Waals surface area contributed by atoms with E-state index < -0.39 is 12.0 Å². The first-order valence-corrected chi connectivity index (χ1v) is 24.0. The first kappa shape index (κ1) is 53.1. The van der Waals surface area contributed by atoms with Crippen LogP contribution in [0.4, 0.5) is 0 Å². The molecule has 1 amide bonds. The molecule has 0 radical (unpaired) electrons. The normalized spacial score (nSPS) is 12.6. The number of nitrogens with two attached hydrogens (primary N) is 1. The number of rotatable bonds is 44. The molecular weight excluding hydrogens is 685 g/mol. The quantitative estimate of drug-likeness (QED) is 0.0322. The van der Waals surface area contributed by atoms with Gasteiger partial charge in [0.25, 0.3) is 0 Å². The fourth-order valence-electron chi connectivity index (χ4n) is 7.42. The maximum atomic E-state index is 12.8. The van der Waals surface area contributed by atoms with Gasteiger partial charge in [0.1, 0.15) is 12.1 Å². The van der Waals surface area contributed by atoms with Crippen LogP contribution in [0.25, 0.3) is 0 Å². The highest BCUT2D eigenvalue weighted by molar-refractivity contribution is 5.83. The molecule has 4 N–H and O–H groups in total. The van der Waals surface area contributed by atoms with Crippen molar-refractivity contribution in [3.05, 3.63) is 12.2 Å². The molecule has 324 valence electrons. The molecule has 0 aromatic carbocycles. The first-order valence-electron chi connectivity index (χ1n) is 24.0. The number of hydrogen-bond donors (Lipinski definition) is 3. The van der Waals surface area contributed by atoms with E-state index in [-0.39, 0.29) is 18.0 Å². The highest BCUT2D eigenvalue weighted by Gasteiger charge is 2.18. The summed E-state index contributed by atoms with van der Waals surface area (Å²) >= 11 is 0. The van der Waals surface area contributed by atoms with Gasteiger partial charge in [-0.15, -0.1) is 0 Å². The van der Waals surface area contributed by atoms with Gasteiger partial charge in [-0.3, -0.25) is 9.59 Å². The number of carboxylic acid groups (broad SMARTS) is 1. The summed E-state index contributed by atoms with van der Waals surface area (Å²) in [7, 11) is 0. The van der Waals surface area contributed by atoms with Gasteiger partial charge < -0.3 is 20.9 Å². The van der Waals surface area contributed by atoms with Crippen molar-refractivity contribution in [1.29, 1.82) is 0 Å². The van der Waals surface area contributed by atoms with E-state index in [9.17, 15) is 19.5 Å². The van der Waals surface area contributed by atoms with Crippen LogP contribution in [0.15, 0.2) is 12.2 Å². The zero-order valence-electron chi connectivity index (χ0n) is 36.5. The van der Waals surface area contributed by atoms with Crippen molar-refractivity contribution in [3.63, 3.8) is 0 Å². The minimum atomic E-state index is -1.00. The lowest BCUT2D eigenvalue weighted by Crippen LogP contribution is -2.40. The van der Waals surface area contributed by atoms with Crippen LogP contribution < -0.4 is 11.1 Å². The van der Waals surface area contributed by atoms with Crippen LogP contribution in [0.2, 0.25) is 0 Å². The number of carbonyl (C=O) groups is 3. The average Bonchev–Trinajstić information content (AvgIpc) is 3.17. The molecule has 0 saturated carbocycles. The number of esters is 1. The molecule has 0 aliphatic heterocycles. The van der Waals surface area contributed by atoms with E-state index in [1.54, 1.807) is 0 Å². The van der Waals surface area contributed by atoms with Crippen molar-refractivity contribution in [2.24, 2.45) is 5.73 Å². The van der Waals surface area contributed by atoms with Crippen molar-refractivity contribution >= 4 is 17.8 Å². The molecule has 7 nitrogen and oxygen atoms in total. The smallest absolute Gasteiger partial charge is 0.326 e. The molecule has 0 bridgehead atoms. The fraction of sp³-hybridized carbons (Fsp3) is 0.896. The van der Waals surface area contributed by atoms with E-state index in [0.717, 1.165) is 64.2 Å². The summed E-state index contributed by atoms with van der Waals surface area (Å²) in [5.74, 6) is -1.25. The molecule has 7 heteroatoms. The summed E-state index contributed by atoms with van der Waals surface area (Å²) in [4.78, 5) is 36.3. The van der Waals surface area contributed by atoms with Crippen LogP contribution >= 0.6 is 0 Å². The van der Waals surface area contributed by atoms with E-state index in [1.165, 1.54) is 154 Å². The number of ether oxygens (including phenoxy) is 1. The number of unbranched alkanes of at least 4 members (excludes halogenated alkanes) is 30. The Morgan fingerprint density at radius 2 is 0.927 bits per heavy atom. The number of carbonyl (C=O) groups excluding carboxylic acids is 2. The van der Waals surface area contributed by atoms with Crippen molar-refractivity contribution in [1.82, 2.24) is 5.32 Å². The molecule has 0 fully saturated rings. The first-order chi connectivity index (χ1) is 26.9. The lowest BCUT2D eigenvalue weighted by atomic mass is 10.0. The molecule has 0 aromatic rings. The maximum Gasteiger partial charge on any atom is 0.326 e. The number of allylic oxidation sites excluding steroid dienone is 1. The summed E-state index contributed by atoms with van der Waals surface area (Å²) in [6.45, 7) is 4.95. The molecule has 0 aromatic heterocycles. The number of amides is 1. The monoisotopic (exact) mass is 777 g/mol. The van der Waals surface area contributed by atoms with E-state index >= 15 is 0 Å². The zero-order chi connectivity index (χ0) is 40.3. The molecule has 0 saturated heterocycles. The Labute approximate surface area is 340 Å². The van der Waals surface area contributed by atoms with E-state index in [1.807, 2.05) is 0 Å². The number of carboxylic acids is 1. The van der Waals surface area contributed by atoms with Gasteiger partial charge >= 0.3 is 11.9 Å². The second kappa shape index (κ2) is 43.2. The summed E-state index contributed by atoms with van der Waals surface area (Å²) in [5, 5.41) is 11.9. The molecule has 0 aliphatic carbocycles. The highest BCUT2D eigenvalue weighted by atomic mass is 16.5. The van der Waals surface area contributed by atoms with Crippen LogP contribution in [0, 0.1) is 0 Å². The van der Waals surface area contributed by atoms with Crippen LogP contribution in [0.5, 0.6) is 0 Å². The van der Waals surface area contributed by atoms with Gasteiger partial charge in [0.2, 0.25) is 5.91 Å². The average molecular weight is 777 g/mol. The SMILES string of the molecule is CCCCCCCC/C=C\C(CCCCCCCCC(=O)NC(CCCN)C(=O)O)OC(=O)CCCCCCCCCCCCCCCCCCCCCC. The van der Waals surface area contributed by atoms with Crippen molar-refractivity contribution in [2.75, 3.05) is 6.54 Å². The van der Waals surface area contributed by atoms with Gasteiger partial charge in [0.05, 0.1) is 0 Å². The Hall–Kier alpha value is -1.89. The topological polar surface area (TPSA) is 119 Å². The predicted molar refractivity (Wildman–Crippen MR) is 234 cm³/mol. The Morgan fingerprint density at radius 3 is 1.36 bits per heavy atom. The van der Waals surface area contributed by atoms with Crippen molar-refractivity contribution in [3.8, 4) is 0 Å². The Kier molecular flexibility index (Phi) is 41.8. The van der Waals surface area contributed by atoms with Crippen LogP contribution in [0.3, 0.4) is 0 Å². The summed E-state index contributed by atoms with van der Waals surface area (Å²) in [6, 6.07) is -0.851. The molecule has 2 unspecified atom stereocenters. The lowest BCUT2D eigenvalue weighted by Gasteiger charge is -2.15. The second-order valence-corrected chi connectivity index (χ2v) is 16.5. The second-order valence-electron chi connectivity index (χ2n) is 16.5.